The highest BCUT2D eigenvalue weighted by molar-refractivity contribution is 7.12. The van der Waals surface area contributed by atoms with Gasteiger partial charge in [-0.25, -0.2) is 0 Å². The largest absolute Gasteiger partial charge is 0.461 e. The van der Waals surface area contributed by atoms with Gasteiger partial charge < -0.3 is 14.6 Å². The topological polar surface area (TPSA) is 62.6 Å². The van der Waals surface area contributed by atoms with E-state index in [9.17, 15) is 9.59 Å². The van der Waals surface area contributed by atoms with Gasteiger partial charge in [-0.2, -0.15) is 0 Å². The minimum absolute atomic E-state index is 0.0770. The zero-order valence-electron chi connectivity index (χ0n) is 15.3. The molecule has 1 fully saturated rings. The standard InChI is InChI=1S/C22H20N2O3S/c25-21(14-6-7-14)23-17-4-1-3-15(11-17)19-12-16-13-24(9-8-18(16)27-19)22(26)20-5-2-10-28-20/h1-5,10-12,14H,6-9,13H2,(H,23,25). The van der Waals surface area contributed by atoms with Gasteiger partial charge in [-0.05, 0) is 42.5 Å². The number of carbonyl (C=O) groups excluding carboxylic acids is 2. The SMILES string of the molecule is O=C(Nc1cccc(-c2cc3c(o2)CCN(C(=O)c2cccs2)C3)c1)C1CC1. The van der Waals surface area contributed by atoms with Gasteiger partial charge in [-0.3, -0.25) is 9.59 Å². The van der Waals surface area contributed by atoms with Gasteiger partial charge in [0.1, 0.15) is 11.5 Å². The van der Waals surface area contributed by atoms with Crippen LogP contribution in [-0.2, 0) is 17.8 Å². The molecule has 5 nitrogen and oxygen atoms in total. The number of fused-ring (bicyclic) bond motifs is 1. The lowest BCUT2D eigenvalue weighted by Crippen LogP contribution is -2.35. The van der Waals surface area contributed by atoms with E-state index in [4.69, 9.17) is 4.42 Å². The lowest BCUT2D eigenvalue weighted by Gasteiger charge is -2.25. The predicted octanol–water partition coefficient (Wildman–Crippen LogP) is 4.56. The third kappa shape index (κ3) is 3.36. The number of hydrogen-bond donors (Lipinski definition) is 1. The van der Waals surface area contributed by atoms with Crippen LogP contribution < -0.4 is 5.32 Å². The Labute approximate surface area is 167 Å². The smallest absolute Gasteiger partial charge is 0.264 e. The lowest BCUT2D eigenvalue weighted by molar-refractivity contribution is -0.117. The number of carbonyl (C=O) groups is 2. The van der Waals surface area contributed by atoms with Crippen molar-refractivity contribution < 1.29 is 14.0 Å². The van der Waals surface area contributed by atoms with Crippen LogP contribution >= 0.6 is 11.3 Å². The molecule has 2 aliphatic rings. The Morgan fingerprint density at radius 2 is 2.04 bits per heavy atom. The molecule has 3 heterocycles. The summed E-state index contributed by atoms with van der Waals surface area (Å²) in [6, 6.07) is 13.5. The molecular formula is C22H20N2O3S. The summed E-state index contributed by atoms with van der Waals surface area (Å²) in [5.41, 5.74) is 2.77. The molecule has 142 valence electrons. The Balaban J connectivity index is 1.35. The summed E-state index contributed by atoms with van der Waals surface area (Å²) in [6.07, 6.45) is 2.68. The highest BCUT2D eigenvalue weighted by atomic mass is 32.1. The minimum atomic E-state index is 0.0770. The molecule has 0 radical (unpaired) electrons. The molecule has 1 aliphatic heterocycles. The summed E-state index contributed by atoms with van der Waals surface area (Å²) in [7, 11) is 0. The Kier molecular flexibility index (Phi) is 4.28. The molecule has 0 unspecified atom stereocenters. The number of hydrogen-bond acceptors (Lipinski definition) is 4. The van der Waals surface area contributed by atoms with E-state index in [2.05, 4.69) is 5.32 Å². The maximum absolute atomic E-state index is 12.6. The van der Waals surface area contributed by atoms with E-state index in [1.807, 2.05) is 52.7 Å². The van der Waals surface area contributed by atoms with Gasteiger partial charge in [-0.1, -0.05) is 18.2 Å². The summed E-state index contributed by atoms with van der Waals surface area (Å²) >= 11 is 1.47. The van der Waals surface area contributed by atoms with E-state index in [1.54, 1.807) is 0 Å². The second-order valence-electron chi connectivity index (χ2n) is 7.36. The molecule has 1 saturated carbocycles. The average Bonchev–Trinajstić information content (AvgIpc) is 3.26. The maximum Gasteiger partial charge on any atom is 0.264 e. The maximum atomic E-state index is 12.6. The summed E-state index contributed by atoms with van der Waals surface area (Å²) < 4.78 is 6.08. The first-order valence-corrected chi connectivity index (χ1v) is 10.4. The first-order valence-electron chi connectivity index (χ1n) is 9.53. The molecule has 2 aromatic heterocycles. The van der Waals surface area contributed by atoms with Crippen molar-refractivity contribution in [3.05, 3.63) is 64.0 Å². The number of thiophene rings is 1. The molecule has 3 aromatic rings. The molecule has 28 heavy (non-hydrogen) atoms. The highest BCUT2D eigenvalue weighted by Crippen LogP contribution is 2.33. The van der Waals surface area contributed by atoms with Crippen LogP contribution in [-0.4, -0.2) is 23.3 Å². The van der Waals surface area contributed by atoms with Crippen molar-refractivity contribution >= 4 is 28.8 Å². The monoisotopic (exact) mass is 392 g/mol. The van der Waals surface area contributed by atoms with E-state index in [0.717, 1.165) is 46.1 Å². The van der Waals surface area contributed by atoms with E-state index < -0.39 is 0 Å². The Bertz CT molecular complexity index is 1030. The molecule has 5 rings (SSSR count). The summed E-state index contributed by atoms with van der Waals surface area (Å²) in [5, 5.41) is 4.91. The Morgan fingerprint density at radius 3 is 2.82 bits per heavy atom. The van der Waals surface area contributed by atoms with Crippen molar-refractivity contribution in [1.82, 2.24) is 4.90 Å². The minimum Gasteiger partial charge on any atom is -0.461 e. The zero-order valence-corrected chi connectivity index (χ0v) is 16.1. The van der Waals surface area contributed by atoms with E-state index in [1.165, 1.54) is 11.3 Å². The molecule has 1 N–H and O–H groups in total. The quantitative estimate of drug-likeness (QED) is 0.708. The number of amides is 2. The molecular weight excluding hydrogens is 372 g/mol. The van der Waals surface area contributed by atoms with Gasteiger partial charge >= 0.3 is 0 Å². The molecule has 0 bridgehead atoms. The van der Waals surface area contributed by atoms with E-state index in [-0.39, 0.29) is 17.7 Å². The molecule has 2 amide bonds. The van der Waals surface area contributed by atoms with Crippen LogP contribution in [0.25, 0.3) is 11.3 Å². The van der Waals surface area contributed by atoms with Crippen LogP contribution in [0.4, 0.5) is 5.69 Å². The highest BCUT2D eigenvalue weighted by Gasteiger charge is 2.30. The fourth-order valence-electron chi connectivity index (χ4n) is 3.54. The third-order valence-electron chi connectivity index (χ3n) is 5.25. The normalized spacial score (nSPS) is 15.9. The number of furan rings is 1. The summed E-state index contributed by atoms with van der Waals surface area (Å²) in [5.74, 6) is 2.06. The lowest BCUT2D eigenvalue weighted by atomic mass is 10.1. The summed E-state index contributed by atoms with van der Waals surface area (Å²) in [4.78, 5) is 27.3. The molecule has 0 spiro atoms. The Hall–Kier alpha value is -2.86. The van der Waals surface area contributed by atoms with Gasteiger partial charge in [0, 0.05) is 42.2 Å². The summed E-state index contributed by atoms with van der Waals surface area (Å²) in [6.45, 7) is 1.22. The van der Waals surface area contributed by atoms with Crippen molar-refractivity contribution in [2.75, 3.05) is 11.9 Å². The number of benzene rings is 1. The van der Waals surface area contributed by atoms with Crippen LogP contribution in [0.3, 0.4) is 0 Å². The van der Waals surface area contributed by atoms with Crippen LogP contribution in [0.2, 0.25) is 0 Å². The van der Waals surface area contributed by atoms with E-state index >= 15 is 0 Å². The van der Waals surface area contributed by atoms with Crippen molar-refractivity contribution in [3.8, 4) is 11.3 Å². The van der Waals surface area contributed by atoms with Crippen LogP contribution in [0, 0.1) is 5.92 Å². The predicted molar refractivity (Wildman–Crippen MR) is 108 cm³/mol. The Morgan fingerprint density at radius 1 is 1.14 bits per heavy atom. The van der Waals surface area contributed by atoms with Crippen molar-refractivity contribution in [3.63, 3.8) is 0 Å². The number of anilines is 1. The molecule has 6 heteroatoms. The van der Waals surface area contributed by atoms with Gasteiger partial charge in [0.25, 0.3) is 5.91 Å². The molecule has 1 aromatic carbocycles. The fraction of sp³-hybridized carbons (Fsp3) is 0.273. The van der Waals surface area contributed by atoms with Crippen LogP contribution in [0.5, 0.6) is 0 Å². The van der Waals surface area contributed by atoms with E-state index in [0.29, 0.717) is 19.5 Å². The molecule has 1 aliphatic carbocycles. The van der Waals surface area contributed by atoms with Crippen LogP contribution in [0.1, 0.15) is 33.8 Å². The van der Waals surface area contributed by atoms with Crippen molar-refractivity contribution in [2.45, 2.75) is 25.8 Å². The fourth-order valence-corrected chi connectivity index (χ4v) is 4.24. The van der Waals surface area contributed by atoms with Gasteiger partial charge in [0.05, 0.1) is 4.88 Å². The molecule has 0 atom stereocenters. The first kappa shape index (κ1) is 17.3. The zero-order chi connectivity index (χ0) is 19.1. The van der Waals surface area contributed by atoms with Crippen molar-refractivity contribution in [1.29, 1.82) is 0 Å². The number of rotatable bonds is 4. The second kappa shape index (κ2) is 6.95. The van der Waals surface area contributed by atoms with Gasteiger partial charge in [0.2, 0.25) is 5.91 Å². The van der Waals surface area contributed by atoms with Gasteiger partial charge in [0.15, 0.2) is 0 Å². The third-order valence-corrected chi connectivity index (χ3v) is 6.11. The average molecular weight is 392 g/mol. The number of nitrogens with zero attached hydrogens (tertiary/aromatic N) is 1. The number of nitrogens with one attached hydrogen (secondary N) is 1. The second-order valence-corrected chi connectivity index (χ2v) is 8.31. The van der Waals surface area contributed by atoms with Crippen molar-refractivity contribution in [2.24, 2.45) is 5.92 Å². The first-order chi connectivity index (χ1) is 13.7. The molecule has 0 saturated heterocycles. The van der Waals surface area contributed by atoms with Gasteiger partial charge in [-0.15, -0.1) is 11.3 Å². The van der Waals surface area contributed by atoms with Crippen LogP contribution in [0.15, 0.2) is 52.3 Å².